The number of anilines is 1. The molecule has 3 aromatic carbocycles. The maximum atomic E-state index is 13.4. The summed E-state index contributed by atoms with van der Waals surface area (Å²) >= 11 is 6.13. The van der Waals surface area contributed by atoms with Crippen molar-refractivity contribution in [1.29, 1.82) is 0 Å². The Labute approximate surface area is 219 Å². The van der Waals surface area contributed by atoms with E-state index in [1.54, 1.807) is 12.1 Å². The third-order valence-corrected chi connectivity index (χ3v) is 7.48. The van der Waals surface area contributed by atoms with E-state index in [1.807, 2.05) is 32.0 Å². The Balaban J connectivity index is 1.81. The van der Waals surface area contributed by atoms with E-state index in [4.69, 9.17) is 16.3 Å². The minimum Gasteiger partial charge on any atom is -0.491 e. The van der Waals surface area contributed by atoms with Gasteiger partial charge in [-0.2, -0.15) is 13.2 Å². The minimum absolute atomic E-state index is 0.0425. The first-order valence-corrected chi connectivity index (χ1v) is 13.2. The Morgan fingerprint density at radius 3 is 2.32 bits per heavy atom. The molecule has 0 radical (unpaired) electrons. The zero-order valence-corrected chi connectivity index (χ0v) is 21.7. The second-order valence-electron chi connectivity index (χ2n) is 8.38. The number of benzene rings is 3. The Morgan fingerprint density at radius 1 is 1.03 bits per heavy atom. The summed E-state index contributed by atoms with van der Waals surface area (Å²) in [6, 6.07) is 16.8. The standard InChI is InChI=1S/C26H26ClF3N2O4S/c1-18(2)21-10-6-7-11-24(21)36-15-14-31-25(33)17-32(37(34,35)20-8-4-3-5-9-20)23-16-19(26(28,29)30)12-13-22(23)27/h3-13,16,18H,14-15,17H2,1-2H3,(H,31,33). The van der Waals surface area contributed by atoms with E-state index >= 15 is 0 Å². The summed E-state index contributed by atoms with van der Waals surface area (Å²) in [4.78, 5) is 12.5. The summed E-state index contributed by atoms with van der Waals surface area (Å²) in [6.07, 6.45) is -4.74. The van der Waals surface area contributed by atoms with Crippen molar-refractivity contribution in [3.63, 3.8) is 0 Å². The van der Waals surface area contributed by atoms with Crippen molar-refractivity contribution in [1.82, 2.24) is 5.32 Å². The number of carbonyl (C=O) groups excluding carboxylic acids is 1. The first kappa shape index (κ1) is 28.3. The van der Waals surface area contributed by atoms with Gasteiger partial charge >= 0.3 is 6.18 Å². The van der Waals surface area contributed by atoms with Crippen molar-refractivity contribution < 1.29 is 31.1 Å². The van der Waals surface area contributed by atoms with E-state index in [-0.39, 0.29) is 29.0 Å². The van der Waals surface area contributed by atoms with E-state index in [9.17, 15) is 26.4 Å². The van der Waals surface area contributed by atoms with E-state index in [1.165, 1.54) is 24.3 Å². The first-order valence-electron chi connectivity index (χ1n) is 11.3. The highest BCUT2D eigenvalue weighted by molar-refractivity contribution is 7.92. The van der Waals surface area contributed by atoms with Crippen LogP contribution in [0.5, 0.6) is 5.75 Å². The van der Waals surface area contributed by atoms with E-state index in [0.29, 0.717) is 16.1 Å². The summed E-state index contributed by atoms with van der Waals surface area (Å²) in [5.41, 5.74) is -0.566. The van der Waals surface area contributed by atoms with Crippen LogP contribution in [0.3, 0.4) is 0 Å². The van der Waals surface area contributed by atoms with Gasteiger partial charge in [0.15, 0.2) is 0 Å². The second kappa shape index (κ2) is 11.9. The van der Waals surface area contributed by atoms with Gasteiger partial charge in [-0.05, 0) is 47.9 Å². The first-order chi connectivity index (χ1) is 17.4. The SMILES string of the molecule is CC(C)c1ccccc1OCCNC(=O)CN(c1cc(C(F)(F)F)ccc1Cl)S(=O)(=O)c1ccccc1. The molecule has 1 amide bonds. The third-order valence-electron chi connectivity index (χ3n) is 5.38. The molecule has 0 aliphatic rings. The fourth-order valence-electron chi connectivity index (χ4n) is 3.53. The maximum absolute atomic E-state index is 13.4. The largest absolute Gasteiger partial charge is 0.491 e. The van der Waals surface area contributed by atoms with Gasteiger partial charge in [-0.3, -0.25) is 9.10 Å². The number of nitrogens with zero attached hydrogens (tertiary/aromatic N) is 1. The highest BCUT2D eigenvalue weighted by Crippen LogP contribution is 2.37. The average Bonchev–Trinajstić information content (AvgIpc) is 2.85. The number of para-hydroxylation sites is 1. The van der Waals surface area contributed by atoms with Crippen molar-refractivity contribution in [3.8, 4) is 5.75 Å². The van der Waals surface area contributed by atoms with Crippen LogP contribution in [0.1, 0.15) is 30.9 Å². The van der Waals surface area contributed by atoms with Gasteiger partial charge in [0.1, 0.15) is 18.9 Å². The van der Waals surface area contributed by atoms with Gasteiger partial charge in [-0.15, -0.1) is 0 Å². The van der Waals surface area contributed by atoms with Gasteiger partial charge in [-0.25, -0.2) is 8.42 Å². The Hall–Kier alpha value is -3.24. The maximum Gasteiger partial charge on any atom is 0.416 e. The number of hydrogen-bond acceptors (Lipinski definition) is 4. The highest BCUT2D eigenvalue weighted by atomic mass is 35.5. The monoisotopic (exact) mass is 554 g/mol. The number of hydrogen-bond donors (Lipinski definition) is 1. The van der Waals surface area contributed by atoms with Gasteiger partial charge in [0.2, 0.25) is 5.91 Å². The third kappa shape index (κ3) is 7.17. The fraction of sp³-hybridized carbons (Fsp3) is 0.269. The number of carbonyl (C=O) groups is 1. The van der Waals surface area contributed by atoms with Crippen LogP contribution in [0.15, 0.2) is 77.7 Å². The molecule has 0 heterocycles. The van der Waals surface area contributed by atoms with Gasteiger partial charge in [0, 0.05) is 0 Å². The van der Waals surface area contributed by atoms with Crippen molar-refractivity contribution in [2.75, 3.05) is 24.0 Å². The zero-order chi connectivity index (χ0) is 27.2. The molecule has 0 saturated carbocycles. The minimum atomic E-state index is -4.74. The van der Waals surface area contributed by atoms with E-state index in [0.717, 1.165) is 17.7 Å². The van der Waals surface area contributed by atoms with Gasteiger partial charge < -0.3 is 10.1 Å². The van der Waals surface area contributed by atoms with Gasteiger partial charge in [0.05, 0.1) is 27.7 Å². The van der Waals surface area contributed by atoms with Crippen LogP contribution in [0.25, 0.3) is 0 Å². The Morgan fingerprint density at radius 2 is 1.68 bits per heavy atom. The lowest BCUT2D eigenvalue weighted by molar-refractivity contribution is -0.137. The van der Waals surface area contributed by atoms with Gasteiger partial charge in [-0.1, -0.05) is 61.8 Å². The molecular formula is C26H26ClF3N2O4S. The normalized spacial score (nSPS) is 11.9. The van der Waals surface area contributed by atoms with Crippen LogP contribution >= 0.6 is 11.6 Å². The van der Waals surface area contributed by atoms with E-state index in [2.05, 4.69) is 5.32 Å². The Kier molecular flexibility index (Phi) is 9.09. The molecule has 0 aliphatic heterocycles. The number of sulfonamides is 1. The predicted molar refractivity (Wildman–Crippen MR) is 136 cm³/mol. The summed E-state index contributed by atoms with van der Waals surface area (Å²) < 4.78 is 73.2. The summed E-state index contributed by atoms with van der Waals surface area (Å²) in [6.45, 7) is 3.39. The fourth-order valence-corrected chi connectivity index (χ4v) is 5.25. The zero-order valence-electron chi connectivity index (χ0n) is 20.1. The molecule has 0 aromatic heterocycles. The smallest absolute Gasteiger partial charge is 0.416 e. The molecule has 11 heteroatoms. The second-order valence-corrected chi connectivity index (χ2v) is 10.6. The highest BCUT2D eigenvalue weighted by Gasteiger charge is 2.34. The summed E-state index contributed by atoms with van der Waals surface area (Å²) in [7, 11) is -4.43. The van der Waals surface area contributed by atoms with E-state index < -0.39 is 39.9 Å². The quantitative estimate of drug-likeness (QED) is 0.318. The van der Waals surface area contributed by atoms with Gasteiger partial charge in [0.25, 0.3) is 10.0 Å². The molecule has 0 saturated heterocycles. The molecule has 0 aliphatic carbocycles. The lowest BCUT2D eigenvalue weighted by Gasteiger charge is -2.26. The van der Waals surface area contributed by atoms with Crippen molar-refractivity contribution >= 4 is 33.2 Å². The van der Waals surface area contributed by atoms with Crippen molar-refractivity contribution in [3.05, 3.63) is 88.9 Å². The molecule has 37 heavy (non-hydrogen) atoms. The molecule has 6 nitrogen and oxygen atoms in total. The van der Waals surface area contributed by atoms with Crippen LogP contribution in [0, 0.1) is 0 Å². The molecular weight excluding hydrogens is 529 g/mol. The van der Waals surface area contributed by atoms with Crippen LogP contribution in [-0.4, -0.2) is 34.0 Å². The number of rotatable bonds is 10. The van der Waals surface area contributed by atoms with Crippen molar-refractivity contribution in [2.24, 2.45) is 0 Å². The molecule has 0 unspecified atom stereocenters. The number of nitrogens with one attached hydrogen (secondary N) is 1. The molecule has 3 aromatic rings. The van der Waals surface area contributed by atoms with Crippen LogP contribution in [0.2, 0.25) is 5.02 Å². The van der Waals surface area contributed by atoms with Crippen LogP contribution < -0.4 is 14.4 Å². The lowest BCUT2D eigenvalue weighted by atomic mass is 10.0. The topological polar surface area (TPSA) is 75.7 Å². The number of alkyl halides is 3. The summed E-state index contributed by atoms with van der Waals surface area (Å²) in [5.74, 6) is 0.143. The molecule has 198 valence electrons. The van der Waals surface area contributed by atoms with Crippen molar-refractivity contribution in [2.45, 2.75) is 30.8 Å². The van der Waals surface area contributed by atoms with Crippen LogP contribution in [-0.2, 0) is 21.0 Å². The number of halogens is 4. The molecule has 0 atom stereocenters. The number of amides is 1. The Bertz CT molecular complexity index is 1330. The average molecular weight is 555 g/mol. The molecule has 0 bridgehead atoms. The predicted octanol–water partition coefficient (Wildman–Crippen LogP) is 5.87. The molecule has 1 N–H and O–H groups in total. The lowest BCUT2D eigenvalue weighted by Crippen LogP contribution is -2.42. The van der Waals surface area contributed by atoms with Crippen LogP contribution in [0.4, 0.5) is 18.9 Å². The number of ether oxygens (including phenoxy) is 1. The molecule has 3 rings (SSSR count). The molecule has 0 fully saturated rings. The molecule has 0 spiro atoms. The summed E-state index contributed by atoms with van der Waals surface area (Å²) in [5, 5.41) is 2.30.